The van der Waals surface area contributed by atoms with Gasteiger partial charge in [0.25, 0.3) is 5.91 Å². The van der Waals surface area contributed by atoms with Crippen LogP contribution in [0.25, 0.3) is 0 Å². The minimum Gasteiger partial charge on any atom is -0.493 e. The van der Waals surface area contributed by atoms with Gasteiger partial charge in [0, 0.05) is 37.5 Å². The number of hydrogen-bond acceptors (Lipinski definition) is 6. The van der Waals surface area contributed by atoms with Gasteiger partial charge in [-0.15, -0.1) is 0 Å². The van der Waals surface area contributed by atoms with Crippen LogP contribution in [0, 0.1) is 17.6 Å². The number of aliphatic hydroxyl groups is 1. The Morgan fingerprint density at radius 2 is 1.94 bits per heavy atom. The molecular weight excluding hydrogens is 491 g/mol. The molecule has 3 rings (SSSR count). The second-order valence-corrected chi connectivity index (χ2v) is 8.70. The smallest absolute Gasteiger partial charge is 0.417 e. The molecule has 0 aliphatic carbocycles. The third-order valence-electron chi connectivity index (χ3n) is 6.56. The summed E-state index contributed by atoms with van der Waals surface area (Å²) in [5, 5.41) is 12.5. The van der Waals surface area contributed by atoms with Crippen LogP contribution in [0.15, 0.2) is 30.5 Å². The molecule has 0 radical (unpaired) electrons. The number of amides is 1. The highest BCUT2D eigenvalue weighted by Gasteiger charge is 2.65. The SMILES string of the molecule is COCC[C@H](O)c1ccc(NC(=O)[C@@H]2O[C@@](C)(C(F)(F)F)[C@@H](C)[C@H]2c2ccc(F)c(F)c2OC)cn1. The summed E-state index contributed by atoms with van der Waals surface area (Å²) < 4.78 is 85.5. The molecule has 0 saturated carbocycles. The van der Waals surface area contributed by atoms with Crippen molar-refractivity contribution in [1.82, 2.24) is 4.98 Å². The number of rotatable bonds is 8. The Bertz CT molecular complexity index is 1080. The lowest BCUT2D eigenvalue weighted by atomic mass is 9.77. The van der Waals surface area contributed by atoms with Crippen molar-refractivity contribution in [3.05, 3.63) is 53.4 Å². The number of carbonyl (C=O) groups is 1. The first-order chi connectivity index (χ1) is 16.9. The predicted octanol–water partition coefficient (Wildman–Crippen LogP) is 4.52. The van der Waals surface area contributed by atoms with Crippen molar-refractivity contribution >= 4 is 11.6 Å². The van der Waals surface area contributed by atoms with Gasteiger partial charge in [0.1, 0.15) is 6.10 Å². The van der Waals surface area contributed by atoms with E-state index in [1.54, 1.807) is 0 Å². The molecule has 2 aromatic rings. The molecule has 0 unspecified atom stereocenters. The van der Waals surface area contributed by atoms with Gasteiger partial charge in [-0.05, 0) is 25.1 Å². The largest absolute Gasteiger partial charge is 0.493 e. The van der Waals surface area contributed by atoms with E-state index in [2.05, 4.69) is 10.3 Å². The zero-order valence-corrected chi connectivity index (χ0v) is 20.0. The number of benzene rings is 1. The van der Waals surface area contributed by atoms with Crippen LogP contribution in [0.4, 0.5) is 27.6 Å². The van der Waals surface area contributed by atoms with Gasteiger partial charge in [-0.25, -0.2) is 4.39 Å². The zero-order valence-electron chi connectivity index (χ0n) is 20.0. The minimum atomic E-state index is -4.87. The van der Waals surface area contributed by atoms with Gasteiger partial charge in [-0.3, -0.25) is 9.78 Å². The molecule has 1 amide bonds. The van der Waals surface area contributed by atoms with Gasteiger partial charge in [-0.1, -0.05) is 13.0 Å². The Morgan fingerprint density at radius 3 is 2.50 bits per heavy atom. The van der Waals surface area contributed by atoms with Gasteiger partial charge >= 0.3 is 6.18 Å². The summed E-state index contributed by atoms with van der Waals surface area (Å²) in [4.78, 5) is 17.2. The zero-order chi connectivity index (χ0) is 26.8. The van der Waals surface area contributed by atoms with E-state index in [9.17, 15) is 31.9 Å². The third kappa shape index (κ3) is 5.16. The minimum absolute atomic E-state index is 0.133. The van der Waals surface area contributed by atoms with Crippen molar-refractivity contribution in [3.63, 3.8) is 0 Å². The lowest BCUT2D eigenvalue weighted by molar-refractivity contribution is -0.272. The second kappa shape index (κ2) is 10.7. The van der Waals surface area contributed by atoms with E-state index in [4.69, 9.17) is 14.2 Å². The fourth-order valence-corrected chi connectivity index (χ4v) is 4.31. The Labute approximate surface area is 204 Å². The fourth-order valence-electron chi connectivity index (χ4n) is 4.31. The molecule has 1 fully saturated rings. The van der Waals surface area contributed by atoms with E-state index < -0.39 is 59.1 Å². The summed E-state index contributed by atoms with van der Waals surface area (Å²) in [6, 6.07) is 4.71. The standard InChI is InChI=1S/C24H27F5N2O5/c1-12-18(14-6-7-15(25)19(26)20(14)35-4)21(36-23(12,2)24(27,28)29)22(33)31-13-5-8-16(30-11-13)17(32)9-10-34-3/h5-8,11-12,17-18,21,32H,9-10H2,1-4H3,(H,31,33)/t12-,17-,18-,21+,23+/m0/s1. The van der Waals surface area contributed by atoms with Gasteiger partial charge < -0.3 is 24.6 Å². The Balaban J connectivity index is 1.94. The highest BCUT2D eigenvalue weighted by molar-refractivity contribution is 5.95. The molecule has 1 aromatic heterocycles. The van der Waals surface area contributed by atoms with Crippen LogP contribution in [-0.2, 0) is 14.3 Å². The van der Waals surface area contributed by atoms with E-state index in [-0.39, 0.29) is 17.7 Å². The summed E-state index contributed by atoms with van der Waals surface area (Å²) in [6.07, 6.45) is -5.98. The molecule has 1 saturated heterocycles. The van der Waals surface area contributed by atoms with Crippen LogP contribution >= 0.6 is 0 Å². The summed E-state index contributed by atoms with van der Waals surface area (Å²) in [5.74, 6) is -6.88. The van der Waals surface area contributed by atoms with E-state index in [1.165, 1.54) is 32.4 Å². The number of nitrogens with one attached hydrogen (secondary N) is 1. The van der Waals surface area contributed by atoms with Crippen LogP contribution in [0.5, 0.6) is 5.75 Å². The van der Waals surface area contributed by atoms with Gasteiger partial charge in [0.05, 0.1) is 30.8 Å². The van der Waals surface area contributed by atoms with E-state index in [0.29, 0.717) is 12.3 Å². The number of pyridine rings is 1. The lowest BCUT2D eigenvalue weighted by Crippen LogP contribution is -2.47. The van der Waals surface area contributed by atoms with Crippen LogP contribution in [0.3, 0.4) is 0 Å². The molecule has 2 heterocycles. The van der Waals surface area contributed by atoms with E-state index in [0.717, 1.165) is 26.2 Å². The molecule has 12 heteroatoms. The Morgan fingerprint density at radius 1 is 1.25 bits per heavy atom. The van der Waals surface area contributed by atoms with E-state index in [1.807, 2.05) is 0 Å². The van der Waals surface area contributed by atoms with Crippen LogP contribution < -0.4 is 10.1 Å². The number of hydrogen-bond donors (Lipinski definition) is 2. The number of aromatic nitrogens is 1. The van der Waals surface area contributed by atoms with Crippen LogP contribution in [-0.4, -0.2) is 54.7 Å². The number of ether oxygens (including phenoxy) is 3. The highest BCUT2D eigenvalue weighted by atomic mass is 19.4. The number of halogens is 5. The monoisotopic (exact) mass is 518 g/mol. The van der Waals surface area contributed by atoms with Crippen molar-refractivity contribution in [2.45, 2.75) is 50.2 Å². The second-order valence-electron chi connectivity index (χ2n) is 8.70. The first-order valence-corrected chi connectivity index (χ1v) is 11.1. The van der Waals surface area contributed by atoms with Crippen molar-refractivity contribution in [2.24, 2.45) is 5.92 Å². The maximum Gasteiger partial charge on any atom is 0.417 e. The number of anilines is 1. The predicted molar refractivity (Wildman–Crippen MR) is 118 cm³/mol. The Kier molecular flexibility index (Phi) is 8.21. The number of aliphatic hydroxyl groups excluding tert-OH is 1. The first kappa shape index (κ1) is 27.8. The highest BCUT2D eigenvalue weighted by Crippen LogP contribution is 2.55. The van der Waals surface area contributed by atoms with Gasteiger partial charge in [-0.2, -0.15) is 17.6 Å². The number of carbonyl (C=O) groups excluding carboxylic acids is 1. The van der Waals surface area contributed by atoms with Crippen molar-refractivity contribution in [3.8, 4) is 5.75 Å². The van der Waals surface area contributed by atoms with E-state index >= 15 is 0 Å². The molecule has 0 spiro atoms. The van der Waals surface area contributed by atoms with Crippen molar-refractivity contribution in [2.75, 3.05) is 26.1 Å². The molecule has 1 aliphatic heterocycles. The topological polar surface area (TPSA) is 89.9 Å². The van der Waals surface area contributed by atoms with Gasteiger partial charge in [0.15, 0.2) is 17.2 Å². The lowest BCUT2D eigenvalue weighted by Gasteiger charge is -2.32. The first-order valence-electron chi connectivity index (χ1n) is 11.1. The third-order valence-corrected chi connectivity index (χ3v) is 6.56. The normalized spacial score (nSPS) is 25.0. The molecule has 36 heavy (non-hydrogen) atoms. The summed E-state index contributed by atoms with van der Waals surface area (Å²) >= 11 is 0. The maximum absolute atomic E-state index is 14.4. The molecule has 198 valence electrons. The number of nitrogens with zero attached hydrogens (tertiary/aromatic N) is 1. The summed E-state index contributed by atoms with van der Waals surface area (Å²) in [5.41, 5.74) is -2.45. The molecule has 5 atom stereocenters. The van der Waals surface area contributed by atoms with Crippen LogP contribution in [0.1, 0.15) is 43.5 Å². The van der Waals surface area contributed by atoms with Crippen molar-refractivity contribution < 1.29 is 46.1 Å². The van der Waals surface area contributed by atoms with Crippen molar-refractivity contribution in [1.29, 1.82) is 0 Å². The molecule has 0 bridgehead atoms. The maximum atomic E-state index is 14.4. The van der Waals surface area contributed by atoms with Gasteiger partial charge in [0.2, 0.25) is 5.82 Å². The number of methoxy groups -OCH3 is 2. The average Bonchev–Trinajstić information content (AvgIpc) is 3.11. The molecule has 2 N–H and O–H groups in total. The molecule has 7 nitrogen and oxygen atoms in total. The summed E-state index contributed by atoms with van der Waals surface area (Å²) in [6.45, 7) is 2.33. The molecule has 1 aliphatic rings. The molecular formula is C24H27F5N2O5. The quantitative estimate of drug-likeness (QED) is 0.500. The van der Waals surface area contributed by atoms with Crippen LogP contribution in [0.2, 0.25) is 0 Å². The Hall–Kier alpha value is -2.83. The summed E-state index contributed by atoms with van der Waals surface area (Å²) in [7, 11) is 2.53. The fraction of sp³-hybridized carbons (Fsp3) is 0.500. The number of alkyl halides is 3. The average molecular weight is 518 g/mol. The molecule has 1 aromatic carbocycles.